The third kappa shape index (κ3) is 4.19. The van der Waals surface area contributed by atoms with E-state index in [1.54, 1.807) is 0 Å². The number of carbonyl (C=O) groups excluding carboxylic acids is 1. The maximum atomic E-state index is 12.0. The molecule has 3 unspecified atom stereocenters. The van der Waals surface area contributed by atoms with Crippen LogP contribution in [-0.4, -0.2) is 48.2 Å². The van der Waals surface area contributed by atoms with Crippen LogP contribution in [0.2, 0.25) is 0 Å². The summed E-state index contributed by atoms with van der Waals surface area (Å²) < 4.78 is 5.21. The summed E-state index contributed by atoms with van der Waals surface area (Å²) in [5.74, 6) is -0.0701. The number of carbonyl (C=O) groups is 1. The first-order chi connectivity index (χ1) is 9.65. The Balaban J connectivity index is 1.84. The Labute approximate surface area is 123 Å². The summed E-state index contributed by atoms with van der Waals surface area (Å²) in [6, 6.07) is 1.78. The molecule has 2 fully saturated rings. The van der Waals surface area contributed by atoms with Crippen molar-refractivity contribution in [2.45, 2.75) is 83.5 Å². The minimum Gasteiger partial charge on any atom is -0.465 e. The Morgan fingerprint density at radius 1 is 1.30 bits per heavy atom. The third-order valence-electron chi connectivity index (χ3n) is 4.69. The largest absolute Gasteiger partial charge is 0.465 e. The van der Waals surface area contributed by atoms with Gasteiger partial charge in [-0.15, -0.1) is 0 Å². The van der Waals surface area contributed by atoms with Gasteiger partial charge in [0.1, 0.15) is 6.04 Å². The van der Waals surface area contributed by atoms with Gasteiger partial charge in [0, 0.05) is 24.7 Å². The number of hydrogen-bond donors (Lipinski definition) is 1. The second-order valence-corrected chi connectivity index (χ2v) is 6.26. The molecule has 2 aliphatic rings. The van der Waals surface area contributed by atoms with Crippen molar-refractivity contribution in [3.05, 3.63) is 0 Å². The molecule has 0 bridgehead atoms. The van der Waals surface area contributed by atoms with Gasteiger partial charge in [-0.1, -0.05) is 6.92 Å². The lowest BCUT2D eigenvalue weighted by molar-refractivity contribution is -0.146. The van der Waals surface area contributed by atoms with Gasteiger partial charge in [-0.25, -0.2) is 0 Å². The molecule has 1 saturated heterocycles. The fraction of sp³-hybridized carbons (Fsp3) is 0.938. The Morgan fingerprint density at radius 3 is 2.65 bits per heavy atom. The monoisotopic (exact) mass is 282 g/mol. The average molecular weight is 282 g/mol. The Kier molecular flexibility index (Phi) is 5.85. The maximum absolute atomic E-state index is 12.0. The van der Waals surface area contributed by atoms with Crippen molar-refractivity contribution in [1.82, 2.24) is 10.2 Å². The van der Waals surface area contributed by atoms with Gasteiger partial charge < -0.3 is 10.1 Å². The van der Waals surface area contributed by atoms with E-state index in [1.807, 2.05) is 6.92 Å². The molecule has 0 aromatic rings. The smallest absolute Gasteiger partial charge is 0.323 e. The minimum atomic E-state index is -0.118. The Hall–Kier alpha value is -0.610. The van der Waals surface area contributed by atoms with Crippen LogP contribution in [0.3, 0.4) is 0 Å². The topological polar surface area (TPSA) is 41.6 Å². The van der Waals surface area contributed by atoms with Crippen LogP contribution in [0, 0.1) is 0 Å². The van der Waals surface area contributed by atoms with Crippen LogP contribution in [-0.2, 0) is 9.53 Å². The van der Waals surface area contributed by atoms with Crippen LogP contribution < -0.4 is 5.32 Å². The molecule has 2 rings (SSSR count). The number of likely N-dealkylation sites (tertiary alicyclic amines) is 1. The predicted molar refractivity (Wildman–Crippen MR) is 80.7 cm³/mol. The molecule has 0 aromatic heterocycles. The van der Waals surface area contributed by atoms with Gasteiger partial charge in [0.05, 0.1) is 6.61 Å². The lowest BCUT2D eigenvalue weighted by Gasteiger charge is -2.29. The molecule has 4 heteroatoms. The van der Waals surface area contributed by atoms with Gasteiger partial charge in [0.2, 0.25) is 0 Å². The maximum Gasteiger partial charge on any atom is 0.323 e. The van der Waals surface area contributed by atoms with Crippen molar-refractivity contribution in [3.63, 3.8) is 0 Å². The highest BCUT2D eigenvalue weighted by Crippen LogP contribution is 2.26. The van der Waals surface area contributed by atoms with Gasteiger partial charge >= 0.3 is 5.97 Å². The molecule has 3 atom stereocenters. The van der Waals surface area contributed by atoms with Crippen LogP contribution in [0.25, 0.3) is 0 Å². The predicted octanol–water partition coefficient (Wildman–Crippen LogP) is 2.32. The van der Waals surface area contributed by atoms with Crippen molar-refractivity contribution in [2.24, 2.45) is 0 Å². The van der Waals surface area contributed by atoms with Crippen molar-refractivity contribution in [2.75, 3.05) is 13.2 Å². The van der Waals surface area contributed by atoms with E-state index in [0.29, 0.717) is 24.7 Å². The minimum absolute atomic E-state index is 0.0701. The molecule has 116 valence electrons. The summed E-state index contributed by atoms with van der Waals surface area (Å²) >= 11 is 0. The Morgan fingerprint density at radius 2 is 2.05 bits per heavy atom. The number of esters is 1. The summed E-state index contributed by atoms with van der Waals surface area (Å²) in [6.07, 6.45) is 7.08. The second kappa shape index (κ2) is 7.41. The third-order valence-corrected chi connectivity index (χ3v) is 4.69. The fourth-order valence-corrected chi connectivity index (χ4v) is 3.29. The zero-order chi connectivity index (χ0) is 14.5. The molecule has 0 aromatic carbocycles. The molecule has 0 spiro atoms. The highest BCUT2D eigenvalue weighted by molar-refractivity contribution is 5.75. The molecule has 0 radical (unpaired) electrons. The molecule has 0 amide bonds. The molecule has 1 saturated carbocycles. The van der Waals surface area contributed by atoms with E-state index in [9.17, 15) is 4.79 Å². The molecule has 1 aliphatic carbocycles. The van der Waals surface area contributed by atoms with Crippen LogP contribution in [0.1, 0.15) is 59.3 Å². The molecule has 20 heavy (non-hydrogen) atoms. The van der Waals surface area contributed by atoms with Gasteiger partial charge in [-0.3, -0.25) is 9.69 Å². The molecule has 1 N–H and O–H groups in total. The first kappa shape index (κ1) is 15.8. The fourth-order valence-electron chi connectivity index (χ4n) is 3.29. The molecular weight excluding hydrogens is 252 g/mol. The van der Waals surface area contributed by atoms with E-state index in [-0.39, 0.29) is 12.0 Å². The second-order valence-electron chi connectivity index (χ2n) is 6.26. The van der Waals surface area contributed by atoms with E-state index < -0.39 is 0 Å². The first-order valence-corrected chi connectivity index (χ1v) is 8.34. The average Bonchev–Trinajstić information content (AvgIpc) is 3.18. The zero-order valence-corrected chi connectivity index (χ0v) is 13.2. The number of nitrogens with one attached hydrogen (secondary N) is 1. The molecule has 1 heterocycles. The van der Waals surface area contributed by atoms with Gasteiger partial charge in [-0.2, -0.15) is 0 Å². The summed E-state index contributed by atoms with van der Waals surface area (Å²) in [4.78, 5) is 14.6. The Bertz CT molecular complexity index is 318. The van der Waals surface area contributed by atoms with E-state index in [0.717, 1.165) is 13.0 Å². The highest BCUT2D eigenvalue weighted by atomic mass is 16.5. The number of nitrogens with zero attached hydrogens (tertiary/aromatic N) is 1. The van der Waals surface area contributed by atoms with Crippen molar-refractivity contribution >= 4 is 5.97 Å². The van der Waals surface area contributed by atoms with Gasteiger partial charge in [0.15, 0.2) is 0 Å². The SMILES string of the molecule is CCOC(=O)C(CCN1C(C)CCC1CC)NC1CC1. The van der Waals surface area contributed by atoms with Crippen LogP contribution in [0.4, 0.5) is 0 Å². The van der Waals surface area contributed by atoms with E-state index in [4.69, 9.17) is 4.74 Å². The highest BCUT2D eigenvalue weighted by Gasteiger charge is 2.33. The summed E-state index contributed by atoms with van der Waals surface area (Å²) in [7, 11) is 0. The molecular formula is C16H30N2O2. The van der Waals surface area contributed by atoms with Crippen LogP contribution >= 0.6 is 0 Å². The number of ether oxygens (including phenoxy) is 1. The van der Waals surface area contributed by atoms with Gasteiger partial charge in [0.25, 0.3) is 0 Å². The standard InChI is InChI=1S/C16H30N2O2/c1-4-14-9-6-12(3)18(14)11-10-15(16(19)20-5-2)17-13-7-8-13/h12-15,17H,4-11H2,1-3H3. The summed E-state index contributed by atoms with van der Waals surface area (Å²) in [5, 5.41) is 3.45. The van der Waals surface area contributed by atoms with Crippen LogP contribution in [0.15, 0.2) is 0 Å². The lowest BCUT2D eigenvalue weighted by Crippen LogP contribution is -2.44. The molecule has 4 nitrogen and oxygen atoms in total. The molecule has 1 aliphatic heterocycles. The lowest BCUT2D eigenvalue weighted by atomic mass is 10.1. The van der Waals surface area contributed by atoms with Crippen molar-refractivity contribution in [3.8, 4) is 0 Å². The number of rotatable bonds is 8. The zero-order valence-electron chi connectivity index (χ0n) is 13.2. The van der Waals surface area contributed by atoms with Crippen molar-refractivity contribution in [1.29, 1.82) is 0 Å². The summed E-state index contributed by atoms with van der Waals surface area (Å²) in [5.41, 5.74) is 0. The van der Waals surface area contributed by atoms with Gasteiger partial charge in [-0.05, 0) is 52.4 Å². The van der Waals surface area contributed by atoms with E-state index in [1.165, 1.54) is 32.1 Å². The normalized spacial score (nSPS) is 28.6. The summed E-state index contributed by atoms with van der Waals surface area (Å²) in [6.45, 7) is 7.92. The van der Waals surface area contributed by atoms with E-state index in [2.05, 4.69) is 24.1 Å². The van der Waals surface area contributed by atoms with Crippen LogP contribution in [0.5, 0.6) is 0 Å². The quantitative estimate of drug-likeness (QED) is 0.694. The number of hydrogen-bond acceptors (Lipinski definition) is 4. The van der Waals surface area contributed by atoms with Crippen molar-refractivity contribution < 1.29 is 9.53 Å². The first-order valence-electron chi connectivity index (χ1n) is 8.34. The van der Waals surface area contributed by atoms with E-state index >= 15 is 0 Å².